The molecule has 1 aromatic heterocycles. The van der Waals surface area contributed by atoms with Crippen LogP contribution < -0.4 is 5.32 Å². The summed E-state index contributed by atoms with van der Waals surface area (Å²) in [5, 5.41) is 14.9. The molecular formula is C7H16N6. The lowest BCUT2D eigenvalue weighted by Gasteiger charge is -2.08. The van der Waals surface area contributed by atoms with Gasteiger partial charge in [-0.2, -0.15) is 4.80 Å². The van der Waals surface area contributed by atoms with Gasteiger partial charge in [-0.05, 0) is 19.3 Å². The Kier molecular flexibility index (Phi) is 3.78. The Morgan fingerprint density at radius 2 is 2.23 bits per heavy atom. The molecule has 0 unspecified atom stereocenters. The predicted octanol–water partition coefficient (Wildman–Crippen LogP) is -1.14. The van der Waals surface area contributed by atoms with Crippen LogP contribution in [0.4, 0.5) is 0 Å². The first kappa shape index (κ1) is 10.1. The van der Waals surface area contributed by atoms with E-state index in [4.69, 9.17) is 0 Å². The maximum absolute atomic E-state index is 4.05. The van der Waals surface area contributed by atoms with E-state index in [-0.39, 0.29) is 0 Å². The van der Waals surface area contributed by atoms with Crippen molar-refractivity contribution in [1.82, 2.24) is 30.4 Å². The van der Waals surface area contributed by atoms with Crippen LogP contribution in [-0.2, 0) is 13.6 Å². The van der Waals surface area contributed by atoms with Gasteiger partial charge in [0.25, 0.3) is 0 Å². The SMILES string of the molecule is CN(C)CCNCc1nnn(C)n1. The lowest BCUT2D eigenvalue weighted by Crippen LogP contribution is -2.26. The summed E-state index contributed by atoms with van der Waals surface area (Å²) < 4.78 is 0. The Morgan fingerprint density at radius 3 is 2.77 bits per heavy atom. The minimum atomic E-state index is 0.682. The van der Waals surface area contributed by atoms with Gasteiger partial charge in [-0.1, -0.05) is 0 Å². The van der Waals surface area contributed by atoms with Crippen LogP contribution in [-0.4, -0.2) is 52.3 Å². The molecule has 0 aliphatic heterocycles. The lowest BCUT2D eigenvalue weighted by molar-refractivity contribution is 0.398. The van der Waals surface area contributed by atoms with Gasteiger partial charge in [0.15, 0.2) is 5.82 Å². The van der Waals surface area contributed by atoms with E-state index in [1.54, 1.807) is 7.05 Å². The van der Waals surface area contributed by atoms with Crippen LogP contribution in [0.25, 0.3) is 0 Å². The molecular weight excluding hydrogens is 168 g/mol. The molecule has 13 heavy (non-hydrogen) atoms. The number of aryl methyl sites for hydroxylation is 1. The first-order chi connectivity index (χ1) is 6.18. The fourth-order valence-electron chi connectivity index (χ4n) is 0.897. The maximum Gasteiger partial charge on any atom is 0.188 e. The molecule has 1 aromatic rings. The fraction of sp³-hybridized carbons (Fsp3) is 0.857. The summed E-state index contributed by atoms with van der Waals surface area (Å²) >= 11 is 0. The average Bonchev–Trinajstić information content (AvgIpc) is 2.45. The molecule has 0 spiro atoms. The zero-order valence-electron chi connectivity index (χ0n) is 8.36. The van der Waals surface area contributed by atoms with Crippen LogP contribution in [0.3, 0.4) is 0 Å². The van der Waals surface area contributed by atoms with Crippen molar-refractivity contribution in [2.24, 2.45) is 7.05 Å². The molecule has 6 heteroatoms. The van der Waals surface area contributed by atoms with Crippen LogP contribution in [0.5, 0.6) is 0 Å². The Hall–Kier alpha value is -1.01. The Labute approximate surface area is 77.9 Å². The highest BCUT2D eigenvalue weighted by molar-refractivity contribution is 4.74. The van der Waals surface area contributed by atoms with E-state index in [0.717, 1.165) is 18.9 Å². The number of hydrogen-bond acceptors (Lipinski definition) is 5. The van der Waals surface area contributed by atoms with E-state index < -0.39 is 0 Å². The van der Waals surface area contributed by atoms with Gasteiger partial charge in [0.05, 0.1) is 13.6 Å². The normalized spacial score (nSPS) is 11.1. The second-order valence-corrected chi connectivity index (χ2v) is 3.18. The van der Waals surface area contributed by atoms with Crippen molar-refractivity contribution in [1.29, 1.82) is 0 Å². The number of nitrogens with zero attached hydrogens (tertiary/aromatic N) is 5. The number of tetrazole rings is 1. The molecule has 0 bridgehead atoms. The smallest absolute Gasteiger partial charge is 0.188 e. The number of nitrogens with one attached hydrogen (secondary N) is 1. The van der Waals surface area contributed by atoms with E-state index in [1.807, 2.05) is 14.1 Å². The summed E-state index contributed by atoms with van der Waals surface area (Å²) in [6.07, 6.45) is 0. The van der Waals surface area contributed by atoms with Gasteiger partial charge in [0.1, 0.15) is 0 Å². The standard InChI is InChI=1S/C7H16N6/c1-12(2)5-4-8-6-7-9-11-13(3)10-7/h8H,4-6H2,1-3H3. The van der Waals surface area contributed by atoms with E-state index in [9.17, 15) is 0 Å². The summed E-state index contributed by atoms with van der Waals surface area (Å²) in [6.45, 7) is 2.63. The highest BCUT2D eigenvalue weighted by Crippen LogP contribution is 1.82. The third kappa shape index (κ3) is 3.95. The molecule has 0 aliphatic carbocycles. The van der Waals surface area contributed by atoms with Crippen molar-refractivity contribution < 1.29 is 0 Å². The average molecular weight is 184 g/mol. The molecule has 0 aliphatic rings. The molecule has 0 atom stereocenters. The van der Waals surface area contributed by atoms with Crippen molar-refractivity contribution in [3.63, 3.8) is 0 Å². The van der Waals surface area contributed by atoms with Crippen molar-refractivity contribution in [3.8, 4) is 0 Å². The predicted molar refractivity (Wildman–Crippen MR) is 49.1 cm³/mol. The molecule has 1 N–H and O–H groups in total. The Bertz CT molecular complexity index is 243. The molecule has 0 radical (unpaired) electrons. The van der Waals surface area contributed by atoms with Crippen LogP contribution in [0.1, 0.15) is 5.82 Å². The summed E-state index contributed by atoms with van der Waals surface area (Å²) in [5.74, 6) is 0.737. The first-order valence-corrected chi connectivity index (χ1v) is 4.27. The largest absolute Gasteiger partial charge is 0.308 e. The van der Waals surface area contributed by atoms with Crippen LogP contribution in [0.15, 0.2) is 0 Å². The second-order valence-electron chi connectivity index (χ2n) is 3.18. The Morgan fingerprint density at radius 1 is 1.46 bits per heavy atom. The van der Waals surface area contributed by atoms with Gasteiger partial charge in [-0.25, -0.2) is 0 Å². The minimum Gasteiger partial charge on any atom is -0.308 e. The minimum absolute atomic E-state index is 0.682. The molecule has 0 amide bonds. The van der Waals surface area contributed by atoms with E-state index >= 15 is 0 Å². The summed E-state index contributed by atoms with van der Waals surface area (Å²) in [4.78, 5) is 3.58. The van der Waals surface area contributed by atoms with Crippen LogP contribution in [0.2, 0.25) is 0 Å². The molecule has 1 rings (SSSR count). The van der Waals surface area contributed by atoms with Crippen LogP contribution >= 0.6 is 0 Å². The summed E-state index contributed by atoms with van der Waals surface area (Å²) in [5.41, 5.74) is 0. The van der Waals surface area contributed by atoms with Gasteiger partial charge in [-0.15, -0.1) is 10.2 Å². The molecule has 0 fully saturated rings. The topological polar surface area (TPSA) is 58.9 Å². The van der Waals surface area contributed by atoms with Gasteiger partial charge in [0.2, 0.25) is 0 Å². The molecule has 0 saturated carbocycles. The van der Waals surface area contributed by atoms with E-state index in [0.29, 0.717) is 6.54 Å². The number of rotatable bonds is 5. The monoisotopic (exact) mass is 184 g/mol. The van der Waals surface area contributed by atoms with Gasteiger partial charge >= 0.3 is 0 Å². The van der Waals surface area contributed by atoms with E-state index in [1.165, 1.54) is 4.80 Å². The third-order valence-corrected chi connectivity index (χ3v) is 1.57. The van der Waals surface area contributed by atoms with E-state index in [2.05, 4.69) is 25.6 Å². The fourth-order valence-corrected chi connectivity index (χ4v) is 0.897. The molecule has 6 nitrogen and oxygen atoms in total. The third-order valence-electron chi connectivity index (χ3n) is 1.57. The number of aromatic nitrogens is 4. The van der Waals surface area contributed by atoms with Crippen molar-refractivity contribution in [2.45, 2.75) is 6.54 Å². The second kappa shape index (κ2) is 4.88. The van der Waals surface area contributed by atoms with Crippen molar-refractivity contribution in [2.75, 3.05) is 27.2 Å². The zero-order valence-corrected chi connectivity index (χ0v) is 8.36. The quantitative estimate of drug-likeness (QED) is 0.586. The van der Waals surface area contributed by atoms with Crippen LogP contribution in [0, 0.1) is 0 Å². The molecule has 0 saturated heterocycles. The van der Waals surface area contributed by atoms with Crippen molar-refractivity contribution in [3.05, 3.63) is 5.82 Å². The van der Waals surface area contributed by atoms with Gasteiger partial charge in [0, 0.05) is 13.1 Å². The summed E-state index contributed by atoms with van der Waals surface area (Å²) in [6, 6.07) is 0. The number of hydrogen-bond donors (Lipinski definition) is 1. The van der Waals surface area contributed by atoms with Gasteiger partial charge < -0.3 is 10.2 Å². The van der Waals surface area contributed by atoms with Crippen molar-refractivity contribution >= 4 is 0 Å². The molecule has 0 aromatic carbocycles. The maximum atomic E-state index is 4.05. The summed E-state index contributed by atoms with van der Waals surface area (Å²) in [7, 11) is 5.85. The first-order valence-electron chi connectivity index (χ1n) is 4.27. The highest BCUT2D eigenvalue weighted by Gasteiger charge is 1.98. The van der Waals surface area contributed by atoms with Gasteiger partial charge in [-0.3, -0.25) is 0 Å². The highest BCUT2D eigenvalue weighted by atomic mass is 15.6. The zero-order chi connectivity index (χ0) is 9.68. The lowest BCUT2D eigenvalue weighted by atomic mass is 10.5. The molecule has 1 heterocycles. The Balaban J connectivity index is 2.13. The number of likely N-dealkylation sites (N-methyl/N-ethyl adjacent to an activating group) is 1. The molecule has 74 valence electrons.